The van der Waals surface area contributed by atoms with Gasteiger partial charge in [-0.25, -0.2) is 0 Å². The SMILES string of the molecule is CCOc1ccc(OCCNC(=O)CN2C(=O)C3CC=CCC3C2=O)cc1. The Balaban J connectivity index is 1.40. The van der Waals surface area contributed by atoms with Crippen LogP contribution in [-0.4, -0.2) is 48.9 Å². The lowest BCUT2D eigenvalue weighted by Gasteiger charge is -2.14. The maximum atomic E-state index is 12.3. The summed E-state index contributed by atoms with van der Waals surface area (Å²) in [4.78, 5) is 37.8. The van der Waals surface area contributed by atoms with Gasteiger partial charge in [0.25, 0.3) is 0 Å². The van der Waals surface area contributed by atoms with E-state index in [1.165, 1.54) is 0 Å². The first kappa shape index (κ1) is 18.9. The number of fused-ring (bicyclic) bond motifs is 1. The van der Waals surface area contributed by atoms with Crippen LogP contribution in [0.2, 0.25) is 0 Å². The summed E-state index contributed by atoms with van der Waals surface area (Å²) in [5, 5.41) is 2.68. The highest BCUT2D eigenvalue weighted by atomic mass is 16.5. The lowest BCUT2D eigenvalue weighted by molar-refractivity contribution is -0.143. The lowest BCUT2D eigenvalue weighted by Crippen LogP contribution is -2.42. The van der Waals surface area contributed by atoms with Crippen molar-refractivity contribution in [2.45, 2.75) is 19.8 Å². The molecule has 7 heteroatoms. The minimum Gasteiger partial charge on any atom is -0.494 e. The fraction of sp³-hybridized carbons (Fsp3) is 0.450. The monoisotopic (exact) mass is 372 g/mol. The number of nitrogens with zero attached hydrogens (tertiary/aromatic N) is 1. The van der Waals surface area contributed by atoms with Crippen LogP contribution in [0.15, 0.2) is 36.4 Å². The van der Waals surface area contributed by atoms with Crippen molar-refractivity contribution in [1.82, 2.24) is 10.2 Å². The molecule has 2 unspecified atom stereocenters. The van der Waals surface area contributed by atoms with Crippen molar-refractivity contribution in [3.63, 3.8) is 0 Å². The van der Waals surface area contributed by atoms with Gasteiger partial charge in [-0.05, 0) is 44.0 Å². The van der Waals surface area contributed by atoms with Crippen molar-refractivity contribution in [2.75, 3.05) is 26.3 Å². The fourth-order valence-corrected chi connectivity index (χ4v) is 3.38. The summed E-state index contributed by atoms with van der Waals surface area (Å²) in [5.74, 6) is -0.0106. The highest BCUT2D eigenvalue weighted by Crippen LogP contribution is 2.34. The van der Waals surface area contributed by atoms with Crippen molar-refractivity contribution in [3.8, 4) is 11.5 Å². The number of amides is 3. The number of benzene rings is 1. The average Bonchev–Trinajstić information content (AvgIpc) is 2.92. The molecular formula is C20H24N2O5. The Morgan fingerprint density at radius 2 is 1.59 bits per heavy atom. The topological polar surface area (TPSA) is 84.9 Å². The first-order chi connectivity index (χ1) is 13.1. The Labute approximate surface area is 158 Å². The first-order valence-corrected chi connectivity index (χ1v) is 9.22. The molecule has 2 atom stereocenters. The zero-order valence-corrected chi connectivity index (χ0v) is 15.3. The zero-order chi connectivity index (χ0) is 19.2. The molecule has 2 aliphatic rings. The van der Waals surface area contributed by atoms with E-state index >= 15 is 0 Å². The third-order valence-electron chi connectivity index (χ3n) is 4.73. The number of imide groups is 1. The number of hydrogen-bond donors (Lipinski definition) is 1. The molecule has 0 spiro atoms. The predicted octanol–water partition coefficient (Wildman–Crippen LogP) is 1.53. The van der Waals surface area contributed by atoms with Crippen LogP contribution in [0.5, 0.6) is 11.5 Å². The number of hydrogen-bond acceptors (Lipinski definition) is 5. The Morgan fingerprint density at radius 3 is 2.15 bits per heavy atom. The van der Waals surface area contributed by atoms with E-state index in [4.69, 9.17) is 9.47 Å². The molecule has 1 aliphatic carbocycles. The molecule has 1 aromatic carbocycles. The maximum absolute atomic E-state index is 12.3. The summed E-state index contributed by atoms with van der Waals surface area (Å²) in [6.07, 6.45) is 4.99. The number of allylic oxidation sites excluding steroid dienone is 2. The van der Waals surface area contributed by atoms with Gasteiger partial charge >= 0.3 is 0 Å². The van der Waals surface area contributed by atoms with Gasteiger partial charge in [0.1, 0.15) is 24.7 Å². The number of carbonyl (C=O) groups excluding carboxylic acids is 3. The second-order valence-corrected chi connectivity index (χ2v) is 6.52. The van der Waals surface area contributed by atoms with Crippen molar-refractivity contribution < 1.29 is 23.9 Å². The molecule has 27 heavy (non-hydrogen) atoms. The Bertz CT molecular complexity index is 702. The Morgan fingerprint density at radius 1 is 1.04 bits per heavy atom. The molecule has 144 valence electrons. The van der Waals surface area contributed by atoms with Crippen LogP contribution in [0.25, 0.3) is 0 Å². The van der Waals surface area contributed by atoms with Crippen LogP contribution in [0.1, 0.15) is 19.8 Å². The van der Waals surface area contributed by atoms with Crippen molar-refractivity contribution in [3.05, 3.63) is 36.4 Å². The average molecular weight is 372 g/mol. The third kappa shape index (κ3) is 4.48. The highest BCUT2D eigenvalue weighted by molar-refractivity contribution is 6.07. The van der Waals surface area contributed by atoms with Crippen LogP contribution in [0.3, 0.4) is 0 Å². The standard InChI is InChI=1S/C20H24N2O5/c1-2-26-14-7-9-15(10-8-14)27-12-11-21-18(23)13-22-19(24)16-5-3-4-6-17(16)20(22)25/h3-4,7-10,16-17H,2,5-6,11-13H2,1H3,(H,21,23). The van der Waals surface area contributed by atoms with E-state index in [2.05, 4.69) is 5.32 Å². The Kier molecular flexibility index (Phi) is 6.11. The number of likely N-dealkylation sites (tertiary alicyclic amines) is 1. The molecule has 1 saturated heterocycles. The largest absolute Gasteiger partial charge is 0.494 e. The normalized spacial score (nSPS) is 21.1. The van der Waals surface area contributed by atoms with E-state index in [1.807, 2.05) is 31.2 Å². The molecule has 1 fully saturated rings. The molecular weight excluding hydrogens is 348 g/mol. The van der Waals surface area contributed by atoms with Crippen LogP contribution < -0.4 is 14.8 Å². The van der Waals surface area contributed by atoms with Crippen LogP contribution >= 0.6 is 0 Å². The minimum atomic E-state index is -0.362. The van der Waals surface area contributed by atoms with Gasteiger partial charge in [-0.15, -0.1) is 0 Å². The highest BCUT2D eigenvalue weighted by Gasteiger charge is 2.47. The van der Waals surface area contributed by atoms with Gasteiger partial charge < -0.3 is 14.8 Å². The number of carbonyl (C=O) groups is 3. The van der Waals surface area contributed by atoms with Gasteiger partial charge in [-0.2, -0.15) is 0 Å². The molecule has 7 nitrogen and oxygen atoms in total. The summed E-state index contributed by atoms with van der Waals surface area (Å²) in [6.45, 7) is 2.87. The lowest BCUT2D eigenvalue weighted by atomic mass is 9.85. The second kappa shape index (κ2) is 8.70. The van der Waals surface area contributed by atoms with E-state index in [1.54, 1.807) is 12.1 Å². The molecule has 0 aromatic heterocycles. The third-order valence-corrected chi connectivity index (χ3v) is 4.73. The quantitative estimate of drug-likeness (QED) is 0.425. The fourth-order valence-electron chi connectivity index (χ4n) is 3.38. The van der Waals surface area contributed by atoms with Crippen molar-refractivity contribution >= 4 is 17.7 Å². The van der Waals surface area contributed by atoms with Crippen molar-refractivity contribution in [2.24, 2.45) is 11.8 Å². The van der Waals surface area contributed by atoms with E-state index in [0.717, 1.165) is 10.6 Å². The van der Waals surface area contributed by atoms with Gasteiger partial charge in [-0.1, -0.05) is 12.2 Å². The number of ether oxygens (including phenoxy) is 2. The van der Waals surface area contributed by atoms with E-state index in [9.17, 15) is 14.4 Å². The van der Waals surface area contributed by atoms with Crippen LogP contribution in [0, 0.1) is 11.8 Å². The molecule has 0 radical (unpaired) electrons. The smallest absolute Gasteiger partial charge is 0.240 e. The minimum absolute atomic E-state index is 0.228. The summed E-state index contributed by atoms with van der Waals surface area (Å²) >= 11 is 0. The van der Waals surface area contributed by atoms with Gasteiger partial charge in [0.15, 0.2) is 0 Å². The molecule has 3 amide bonds. The molecule has 0 saturated carbocycles. The summed E-state index contributed by atoms with van der Waals surface area (Å²) < 4.78 is 10.9. The molecule has 1 N–H and O–H groups in total. The predicted molar refractivity (Wildman–Crippen MR) is 98.2 cm³/mol. The van der Waals surface area contributed by atoms with Gasteiger partial charge in [0.05, 0.1) is 25.0 Å². The zero-order valence-electron chi connectivity index (χ0n) is 15.3. The van der Waals surface area contributed by atoms with Crippen LogP contribution in [0.4, 0.5) is 0 Å². The number of rotatable bonds is 8. The molecule has 1 aromatic rings. The van der Waals surface area contributed by atoms with E-state index < -0.39 is 0 Å². The van der Waals surface area contributed by atoms with Gasteiger partial charge in [-0.3, -0.25) is 19.3 Å². The molecule has 1 aliphatic heterocycles. The molecule has 0 bridgehead atoms. The van der Waals surface area contributed by atoms with Crippen molar-refractivity contribution in [1.29, 1.82) is 0 Å². The summed E-state index contributed by atoms with van der Waals surface area (Å²) in [7, 11) is 0. The summed E-state index contributed by atoms with van der Waals surface area (Å²) in [6, 6.07) is 7.22. The van der Waals surface area contributed by atoms with E-state index in [0.29, 0.717) is 25.2 Å². The number of nitrogens with one attached hydrogen (secondary N) is 1. The molecule has 3 rings (SSSR count). The van der Waals surface area contributed by atoms with E-state index in [-0.39, 0.29) is 49.3 Å². The van der Waals surface area contributed by atoms with Gasteiger partial charge in [0.2, 0.25) is 17.7 Å². The molecule has 1 heterocycles. The second-order valence-electron chi connectivity index (χ2n) is 6.52. The summed E-state index contributed by atoms with van der Waals surface area (Å²) in [5.41, 5.74) is 0. The Hall–Kier alpha value is -2.83. The maximum Gasteiger partial charge on any atom is 0.240 e. The first-order valence-electron chi connectivity index (χ1n) is 9.22. The van der Waals surface area contributed by atoms with Gasteiger partial charge in [0, 0.05) is 0 Å². The van der Waals surface area contributed by atoms with Crippen LogP contribution in [-0.2, 0) is 14.4 Å².